The van der Waals surface area contributed by atoms with Crippen LogP contribution in [0.4, 0.5) is 30.7 Å². The monoisotopic (exact) mass is 319 g/mol. The van der Waals surface area contributed by atoms with Crippen LogP contribution in [0.2, 0.25) is 0 Å². The van der Waals surface area contributed by atoms with Crippen LogP contribution in [-0.2, 0) is 0 Å². The van der Waals surface area contributed by atoms with Gasteiger partial charge in [-0.1, -0.05) is 12.1 Å². The molecule has 0 aliphatic carbocycles. The van der Waals surface area contributed by atoms with E-state index in [4.69, 9.17) is 5.73 Å². The van der Waals surface area contributed by atoms with Gasteiger partial charge in [0, 0.05) is 12.5 Å². The molecular formula is C12H12F7NO. The van der Waals surface area contributed by atoms with Crippen LogP contribution in [0.15, 0.2) is 24.3 Å². The van der Waals surface area contributed by atoms with Crippen LogP contribution in [0.25, 0.3) is 0 Å². The predicted molar refractivity (Wildman–Crippen MR) is 60.2 cm³/mol. The number of hydrogen-bond donors (Lipinski definition) is 1. The lowest BCUT2D eigenvalue weighted by atomic mass is 10.0. The van der Waals surface area contributed by atoms with E-state index in [2.05, 4.69) is 4.74 Å². The van der Waals surface area contributed by atoms with E-state index in [1.807, 2.05) is 0 Å². The Morgan fingerprint density at radius 1 is 1.00 bits per heavy atom. The molecule has 0 aliphatic rings. The third-order valence-corrected chi connectivity index (χ3v) is 2.56. The van der Waals surface area contributed by atoms with E-state index in [9.17, 15) is 30.7 Å². The summed E-state index contributed by atoms with van der Waals surface area (Å²) in [7, 11) is 0. The summed E-state index contributed by atoms with van der Waals surface area (Å²) in [5.41, 5.74) is 5.78. The highest BCUT2D eigenvalue weighted by Gasteiger charge is 2.43. The molecule has 1 atom stereocenters. The zero-order chi connectivity index (χ0) is 16.3. The highest BCUT2D eigenvalue weighted by molar-refractivity contribution is 5.29. The van der Waals surface area contributed by atoms with Crippen molar-refractivity contribution in [1.29, 1.82) is 0 Å². The van der Waals surface area contributed by atoms with Gasteiger partial charge in [-0.25, -0.2) is 0 Å². The molecule has 0 aromatic heterocycles. The average molecular weight is 319 g/mol. The smallest absolute Gasteiger partial charge is 0.428 e. The number of alkyl halides is 7. The Kier molecular flexibility index (Phi) is 5.43. The van der Waals surface area contributed by atoms with E-state index in [1.54, 1.807) is 0 Å². The molecule has 0 aliphatic heterocycles. The molecule has 0 spiro atoms. The first-order valence-electron chi connectivity index (χ1n) is 5.78. The highest BCUT2D eigenvalue weighted by atomic mass is 19.4. The third-order valence-electron chi connectivity index (χ3n) is 2.56. The molecule has 2 N–H and O–H groups in total. The molecule has 21 heavy (non-hydrogen) atoms. The van der Waals surface area contributed by atoms with Crippen LogP contribution in [0, 0.1) is 0 Å². The fourth-order valence-electron chi connectivity index (χ4n) is 1.47. The maximum Gasteiger partial charge on any atom is 0.461 e. The van der Waals surface area contributed by atoms with Gasteiger partial charge in [0.15, 0.2) is 0 Å². The first-order valence-corrected chi connectivity index (χ1v) is 5.78. The molecule has 1 rings (SSSR count). The van der Waals surface area contributed by atoms with Crippen molar-refractivity contribution in [1.82, 2.24) is 0 Å². The summed E-state index contributed by atoms with van der Waals surface area (Å²) < 4.78 is 89.0. The van der Waals surface area contributed by atoms with Crippen LogP contribution < -0.4 is 10.5 Å². The van der Waals surface area contributed by atoms with Crippen molar-refractivity contribution in [2.24, 2.45) is 5.73 Å². The van der Waals surface area contributed by atoms with Gasteiger partial charge in [0.05, 0.1) is 0 Å². The largest absolute Gasteiger partial charge is 0.461 e. The van der Waals surface area contributed by atoms with Gasteiger partial charge in [0.2, 0.25) is 0 Å². The molecule has 0 radical (unpaired) electrons. The second-order valence-corrected chi connectivity index (χ2v) is 4.29. The van der Waals surface area contributed by atoms with Gasteiger partial charge in [0.1, 0.15) is 5.75 Å². The van der Waals surface area contributed by atoms with Crippen molar-refractivity contribution in [3.05, 3.63) is 29.8 Å². The summed E-state index contributed by atoms with van der Waals surface area (Å²) in [6.07, 6.45) is -14.4. The number of rotatable bonds is 6. The SMILES string of the molecule is N[C@@H](CCC(F)(F)F)c1ccc(OC(F)(F)C(F)F)cc1. The van der Waals surface area contributed by atoms with Crippen molar-refractivity contribution in [2.45, 2.75) is 37.6 Å². The van der Waals surface area contributed by atoms with Crippen molar-refractivity contribution < 1.29 is 35.5 Å². The van der Waals surface area contributed by atoms with Crippen LogP contribution in [-0.4, -0.2) is 18.7 Å². The molecule has 0 saturated carbocycles. The summed E-state index contributed by atoms with van der Waals surface area (Å²) >= 11 is 0. The van der Waals surface area contributed by atoms with E-state index < -0.39 is 36.9 Å². The van der Waals surface area contributed by atoms with E-state index in [0.717, 1.165) is 24.3 Å². The van der Waals surface area contributed by atoms with Crippen LogP contribution in [0.3, 0.4) is 0 Å². The van der Waals surface area contributed by atoms with E-state index in [-0.39, 0.29) is 12.0 Å². The topological polar surface area (TPSA) is 35.2 Å². The number of ether oxygens (including phenoxy) is 1. The van der Waals surface area contributed by atoms with Gasteiger partial charge in [-0.15, -0.1) is 0 Å². The average Bonchev–Trinajstić information content (AvgIpc) is 2.35. The van der Waals surface area contributed by atoms with Gasteiger partial charge >= 0.3 is 18.7 Å². The Labute approximate surface area is 115 Å². The maximum atomic E-state index is 12.6. The van der Waals surface area contributed by atoms with E-state index in [1.165, 1.54) is 0 Å². The van der Waals surface area contributed by atoms with Gasteiger partial charge in [-0.2, -0.15) is 30.7 Å². The predicted octanol–water partition coefficient (Wildman–Crippen LogP) is 4.27. The van der Waals surface area contributed by atoms with Gasteiger partial charge < -0.3 is 10.5 Å². The Morgan fingerprint density at radius 3 is 1.95 bits per heavy atom. The molecule has 1 aromatic carbocycles. The summed E-state index contributed by atoms with van der Waals surface area (Å²) in [6, 6.07) is 3.24. The van der Waals surface area contributed by atoms with Crippen molar-refractivity contribution in [3.63, 3.8) is 0 Å². The fraction of sp³-hybridized carbons (Fsp3) is 0.500. The summed E-state index contributed by atoms with van der Waals surface area (Å²) in [6.45, 7) is 0. The van der Waals surface area contributed by atoms with Gasteiger partial charge in [-0.05, 0) is 24.1 Å². The molecular weight excluding hydrogens is 307 g/mol. The quantitative estimate of drug-likeness (QED) is 0.795. The van der Waals surface area contributed by atoms with E-state index >= 15 is 0 Å². The minimum Gasteiger partial charge on any atom is -0.428 e. The van der Waals surface area contributed by atoms with Gasteiger partial charge in [0.25, 0.3) is 0 Å². The van der Waals surface area contributed by atoms with Crippen LogP contribution >= 0.6 is 0 Å². The molecule has 0 fully saturated rings. The standard InChI is InChI=1S/C12H12F7NO/c13-10(14)12(18,19)21-8-3-1-7(2-4-8)9(20)5-6-11(15,16)17/h1-4,9-10H,5-6,20H2/t9-/m0/s1. The Hall–Kier alpha value is -1.51. The van der Waals surface area contributed by atoms with Crippen LogP contribution in [0.5, 0.6) is 5.75 Å². The molecule has 0 heterocycles. The molecule has 2 nitrogen and oxygen atoms in total. The fourth-order valence-corrected chi connectivity index (χ4v) is 1.47. The zero-order valence-electron chi connectivity index (χ0n) is 10.5. The summed E-state index contributed by atoms with van der Waals surface area (Å²) in [5, 5.41) is 0. The zero-order valence-corrected chi connectivity index (χ0v) is 10.5. The third kappa shape index (κ3) is 5.78. The lowest BCUT2D eigenvalue weighted by Crippen LogP contribution is -2.33. The summed E-state index contributed by atoms with van der Waals surface area (Å²) in [4.78, 5) is 0. The number of nitrogens with two attached hydrogens (primary N) is 1. The second-order valence-electron chi connectivity index (χ2n) is 4.29. The second kappa shape index (κ2) is 6.50. The van der Waals surface area contributed by atoms with Crippen molar-refractivity contribution in [3.8, 4) is 5.75 Å². The first kappa shape index (κ1) is 17.5. The normalized spacial score (nSPS) is 14.3. The Balaban J connectivity index is 2.65. The van der Waals surface area contributed by atoms with Crippen molar-refractivity contribution in [2.75, 3.05) is 0 Å². The molecule has 0 amide bonds. The number of hydrogen-bond acceptors (Lipinski definition) is 2. The Morgan fingerprint density at radius 2 is 1.52 bits per heavy atom. The molecule has 1 aromatic rings. The highest BCUT2D eigenvalue weighted by Crippen LogP contribution is 2.30. The first-order chi connectivity index (χ1) is 9.51. The molecule has 9 heteroatoms. The number of benzene rings is 1. The minimum atomic E-state index is -4.64. The van der Waals surface area contributed by atoms with Crippen molar-refractivity contribution >= 4 is 0 Å². The maximum absolute atomic E-state index is 12.6. The van der Waals surface area contributed by atoms with E-state index in [0.29, 0.717) is 0 Å². The molecule has 0 bridgehead atoms. The number of halogens is 7. The molecule has 120 valence electrons. The molecule has 0 saturated heterocycles. The Bertz CT molecular complexity index is 444. The lowest BCUT2D eigenvalue weighted by Gasteiger charge is -2.18. The van der Waals surface area contributed by atoms with Gasteiger partial charge in [-0.3, -0.25) is 0 Å². The van der Waals surface area contributed by atoms with Crippen LogP contribution in [0.1, 0.15) is 24.4 Å². The lowest BCUT2D eigenvalue weighted by molar-refractivity contribution is -0.253. The minimum absolute atomic E-state index is 0.256. The molecule has 0 unspecified atom stereocenters. The summed E-state index contributed by atoms with van der Waals surface area (Å²) in [5.74, 6) is -0.535.